The van der Waals surface area contributed by atoms with Gasteiger partial charge in [0, 0.05) is 31.3 Å². The van der Waals surface area contributed by atoms with Crippen LogP contribution in [0.3, 0.4) is 0 Å². The molecule has 0 bridgehead atoms. The van der Waals surface area contributed by atoms with Gasteiger partial charge in [-0.2, -0.15) is 23.5 Å². The average molecular weight is 453 g/mol. The molecule has 1 atom stereocenters. The maximum atomic E-state index is 14.0. The second kappa shape index (κ2) is 8.41. The lowest BCUT2D eigenvalue weighted by molar-refractivity contribution is -0.140. The molecule has 0 saturated carbocycles. The topological polar surface area (TPSA) is 76.0 Å². The Morgan fingerprint density at radius 1 is 1.19 bits per heavy atom. The maximum absolute atomic E-state index is 14.0. The summed E-state index contributed by atoms with van der Waals surface area (Å²) in [5, 5.41) is 16.0. The van der Waals surface area contributed by atoms with Gasteiger partial charge in [-0.15, -0.1) is 0 Å². The van der Waals surface area contributed by atoms with Crippen LogP contribution >= 0.6 is 0 Å². The summed E-state index contributed by atoms with van der Waals surface area (Å²) in [6.07, 6.45) is -1.60. The van der Waals surface area contributed by atoms with E-state index < -0.39 is 34.9 Å². The van der Waals surface area contributed by atoms with Crippen LogP contribution in [0.5, 0.6) is 0 Å². The van der Waals surface area contributed by atoms with Crippen LogP contribution in [0.1, 0.15) is 58.1 Å². The molecule has 32 heavy (non-hydrogen) atoms. The summed E-state index contributed by atoms with van der Waals surface area (Å²) in [5.41, 5.74) is -0.151. The molecule has 2 aliphatic heterocycles. The summed E-state index contributed by atoms with van der Waals surface area (Å²) in [5.74, 6) is -3.75. The molecule has 1 unspecified atom stereocenters. The number of hydrogen-bond donors (Lipinski definition) is 1. The molecule has 11 heteroatoms. The van der Waals surface area contributed by atoms with Crippen LogP contribution in [0.15, 0.2) is 12.1 Å². The third kappa shape index (κ3) is 4.13. The summed E-state index contributed by atoms with van der Waals surface area (Å²) < 4.78 is 68.1. The number of nitriles is 1. The molecule has 4 rings (SSSR count). The monoisotopic (exact) mass is 453 g/mol. The molecule has 1 N–H and O–H groups in total. The lowest BCUT2D eigenvalue weighted by Gasteiger charge is -2.23. The van der Waals surface area contributed by atoms with Crippen molar-refractivity contribution >= 4 is 5.91 Å². The van der Waals surface area contributed by atoms with Crippen molar-refractivity contribution in [2.45, 2.75) is 44.3 Å². The molecule has 2 aromatic rings. The van der Waals surface area contributed by atoms with Crippen LogP contribution < -0.4 is 0 Å². The minimum absolute atomic E-state index is 0.144. The lowest BCUT2D eigenvalue weighted by atomic mass is 9.88. The van der Waals surface area contributed by atoms with Crippen LogP contribution in [0, 0.1) is 23.1 Å². The SMILES string of the molecule is N#CN1CCc2c(C(=O)N3CCCC(c4cc(F)cc(F)c4C(F)(F)F)CC3)n[nH]c2C1. The number of carbonyl (C=O) groups excluding carboxylic acids is 1. The van der Waals surface area contributed by atoms with Crippen molar-refractivity contribution in [2.24, 2.45) is 0 Å². The van der Waals surface area contributed by atoms with Gasteiger partial charge in [-0.25, -0.2) is 8.78 Å². The Kier molecular flexibility index (Phi) is 5.79. The van der Waals surface area contributed by atoms with Gasteiger partial charge < -0.3 is 9.80 Å². The summed E-state index contributed by atoms with van der Waals surface area (Å²) in [6.45, 7) is 1.25. The highest BCUT2D eigenvalue weighted by Gasteiger charge is 2.39. The summed E-state index contributed by atoms with van der Waals surface area (Å²) in [7, 11) is 0. The summed E-state index contributed by atoms with van der Waals surface area (Å²) in [6, 6.07) is 0.992. The van der Waals surface area contributed by atoms with E-state index in [-0.39, 0.29) is 37.1 Å². The van der Waals surface area contributed by atoms with Crippen LogP contribution in [0.25, 0.3) is 0 Å². The highest BCUT2D eigenvalue weighted by Crippen LogP contribution is 2.41. The number of fused-ring (bicyclic) bond motifs is 1. The van der Waals surface area contributed by atoms with Crippen LogP contribution in [-0.4, -0.2) is 45.5 Å². The fourth-order valence-electron chi connectivity index (χ4n) is 4.56. The third-order valence-electron chi connectivity index (χ3n) is 6.10. The van der Waals surface area contributed by atoms with E-state index in [1.54, 1.807) is 4.90 Å². The third-order valence-corrected chi connectivity index (χ3v) is 6.10. The van der Waals surface area contributed by atoms with Crippen LogP contribution in [0.2, 0.25) is 0 Å². The van der Waals surface area contributed by atoms with Gasteiger partial charge in [0.05, 0.1) is 17.8 Å². The van der Waals surface area contributed by atoms with Crippen molar-refractivity contribution in [3.63, 3.8) is 0 Å². The average Bonchev–Trinajstić information content (AvgIpc) is 2.99. The fourth-order valence-corrected chi connectivity index (χ4v) is 4.56. The maximum Gasteiger partial charge on any atom is 0.419 e. The first-order valence-corrected chi connectivity index (χ1v) is 10.2. The first-order valence-electron chi connectivity index (χ1n) is 10.2. The Morgan fingerprint density at radius 3 is 2.69 bits per heavy atom. The number of rotatable bonds is 2. The van der Waals surface area contributed by atoms with E-state index in [1.165, 1.54) is 4.90 Å². The molecular weight excluding hydrogens is 433 g/mol. The summed E-state index contributed by atoms with van der Waals surface area (Å²) in [4.78, 5) is 16.1. The molecule has 6 nitrogen and oxygen atoms in total. The zero-order valence-corrected chi connectivity index (χ0v) is 17.0. The van der Waals surface area contributed by atoms with E-state index in [1.807, 2.05) is 0 Å². The molecule has 1 saturated heterocycles. The Balaban J connectivity index is 1.54. The van der Waals surface area contributed by atoms with Crippen molar-refractivity contribution in [3.8, 4) is 6.19 Å². The first-order chi connectivity index (χ1) is 15.2. The highest BCUT2D eigenvalue weighted by atomic mass is 19.4. The number of hydrogen-bond acceptors (Lipinski definition) is 4. The fraction of sp³-hybridized carbons (Fsp3) is 0.476. The van der Waals surface area contributed by atoms with E-state index in [4.69, 9.17) is 5.26 Å². The van der Waals surface area contributed by atoms with Gasteiger partial charge in [-0.05, 0) is 43.2 Å². The molecule has 1 aromatic carbocycles. The summed E-state index contributed by atoms with van der Waals surface area (Å²) >= 11 is 0. The van der Waals surface area contributed by atoms with Gasteiger partial charge >= 0.3 is 6.18 Å². The minimum atomic E-state index is -4.94. The largest absolute Gasteiger partial charge is 0.419 e. The number of alkyl halides is 3. The lowest BCUT2D eigenvalue weighted by Crippen LogP contribution is -2.34. The number of H-pyrrole nitrogens is 1. The zero-order chi connectivity index (χ0) is 23.0. The minimum Gasteiger partial charge on any atom is -0.337 e. The quantitative estimate of drug-likeness (QED) is 0.552. The van der Waals surface area contributed by atoms with E-state index in [0.717, 1.165) is 11.6 Å². The van der Waals surface area contributed by atoms with Crippen molar-refractivity contribution in [1.82, 2.24) is 20.0 Å². The number of aromatic nitrogens is 2. The van der Waals surface area contributed by atoms with Crippen molar-refractivity contribution < 1.29 is 26.7 Å². The second-order valence-corrected chi connectivity index (χ2v) is 8.07. The van der Waals surface area contributed by atoms with Crippen molar-refractivity contribution in [1.29, 1.82) is 5.26 Å². The number of nitrogens with zero attached hydrogens (tertiary/aromatic N) is 4. The number of carbonyl (C=O) groups is 1. The van der Waals surface area contributed by atoms with Crippen LogP contribution in [-0.2, 0) is 19.1 Å². The Morgan fingerprint density at radius 2 is 1.97 bits per heavy atom. The molecule has 2 aliphatic rings. The van der Waals surface area contributed by atoms with Gasteiger partial charge in [-0.1, -0.05) is 0 Å². The molecular formula is C21H20F5N5O. The molecule has 0 radical (unpaired) electrons. The molecule has 1 amide bonds. The number of halogens is 5. The molecule has 1 aromatic heterocycles. The molecule has 170 valence electrons. The zero-order valence-electron chi connectivity index (χ0n) is 17.0. The van der Waals surface area contributed by atoms with Gasteiger partial charge in [0.1, 0.15) is 11.6 Å². The normalized spacial score (nSPS) is 19.3. The van der Waals surface area contributed by atoms with Crippen LogP contribution in [0.4, 0.5) is 22.0 Å². The molecule has 1 fully saturated rings. The molecule has 3 heterocycles. The van der Waals surface area contributed by atoms with E-state index in [0.29, 0.717) is 38.2 Å². The smallest absolute Gasteiger partial charge is 0.337 e. The van der Waals surface area contributed by atoms with E-state index in [2.05, 4.69) is 16.4 Å². The first kappa shape index (κ1) is 22.0. The van der Waals surface area contributed by atoms with Gasteiger partial charge in [0.15, 0.2) is 11.9 Å². The van der Waals surface area contributed by atoms with E-state index in [9.17, 15) is 26.7 Å². The van der Waals surface area contributed by atoms with Crippen molar-refractivity contribution in [2.75, 3.05) is 19.6 Å². The Bertz CT molecular complexity index is 1070. The van der Waals surface area contributed by atoms with Gasteiger partial charge in [0.25, 0.3) is 5.91 Å². The number of likely N-dealkylation sites (tertiary alicyclic amines) is 1. The number of amides is 1. The van der Waals surface area contributed by atoms with E-state index >= 15 is 0 Å². The number of benzene rings is 1. The van der Waals surface area contributed by atoms with Gasteiger partial charge in [-0.3, -0.25) is 9.89 Å². The highest BCUT2D eigenvalue weighted by molar-refractivity contribution is 5.94. The van der Waals surface area contributed by atoms with Crippen molar-refractivity contribution in [3.05, 3.63) is 51.8 Å². The van der Waals surface area contributed by atoms with Gasteiger partial charge in [0.2, 0.25) is 0 Å². The predicted octanol–water partition coefficient (Wildman–Crippen LogP) is 3.96. The Hall–Kier alpha value is -3.16. The number of aromatic amines is 1. The molecule has 0 spiro atoms. The standard InChI is InChI=1S/C21H20F5N5O/c22-13-8-15(18(16(23)9-13)21(24,25)26)12-2-1-5-31(7-3-12)20(32)19-14-4-6-30(11-27)10-17(14)28-29-19/h8-9,12H,1-7,10H2,(H,28,29). The number of nitrogens with one attached hydrogen (secondary N) is 1. The second-order valence-electron chi connectivity index (χ2n) is 8.07. The Labute approximate surface area is 180 Å². The molecule has 0 aliphatic carbocycles. The predicted molar refractivity (Wildman–Crippen MR) is 102 cm³/mol.